The Kier molecular flexibility index (Phi) is 6.12. The number of hydrogen-bond donors (Lipinski definition) is 1. The highest BCUT2D eigenvalue weighted by molar-refractivity contribution is 6.01. The van der Waals surface area contributed by atoms with Gasteiger partial charge in [0.05, 0.1) is 12.2 Å². The standard InChI is InChI=1S/C26H26N2O4/c1-17-4-8-20(9-5-17)15-28-23-14-21(10-13-24(23)32-19(3)26(28)30)27-25(29)16-31-22-11-6-18(2)7-12-22/h4-14,19H,15-16H2,1-3H3,(H,27,29). The van der Waals surface area contributed by atoms with Gasteiger partial charge in [0.1, 0.15) is 11.5 Å². The van der Waals surface area contributed by atoms with E-state index in [-0.39, 0.29) is 18.4 Å². The number of nitrogens with zero attached hydrogens (tertiary/aromatic N) is 1. The molecule has 1 unspecified atom stereocenters. The highest BCUT2D eigenvalue weighted by Crippen LogP contribution is 2.37. The summed E-state index contributed by atoms with van der Waals surface area (Å²) < 4.78 is 11.3. The monoisotopic (exact) mass is 430 g/mol. The molecule has 164 valence electrons. The molecule has 3 aromatic rings. The van der Waals surface area contributed by atoms with Crippen LogP contribution >= 0.6 is 0 Å². The first-order valence-corrected chi connectivity index (χ1v) is 10.6. The molecule has 0 radical (unpaired) electrons. The number of fused-ring (bicyclic) bond motifs is 1. The molecule has 4 rings (SSSR count). The van der Waals surface area contributed by atoms with Crippen molar-refractivity contribution >= 4 is 23.2 Å². The lowest BCUT2D eigenvalue weighted by atomic mass is 10.1. The van der Waals surface area contributed by atoms with E-state index in [0.717, 1.165) is 16.7 Å². The number of anilines is 2. The van der Waals surface area contributed by atoms with E-state index in [1.807, 2.05) is 62.4 Å². The summed E-state index contributed by atoms with van der Waals surface area (Å²) in [5.74, 6) is 0.836. The fourth-order valence-corrected chi connectivity index (χ4v) is 3.50. The molecule has 0 saturated heterocycles. The first-order valence-electron chi connectivity index (χ1n) is 10.6. The average Bonchev–Trinajstić information content (AvgIpc) is 2.78. The van der Waals surface area contributed by atoms with Gasteiger partial charge in [-0.1, -0.05) is 47.5 Å². The highest BCUT2D eigenvalue weighted by atomic mass is 16.5. The van der Waals surface area contributed by atoms with Crippen molar-refractivity contribution in [2.45, 2.75) is 33.4 Å². The minimum absolute atomic E-state index is 0.111. The molecular formula is C26H26N2O4. The predicted molar refractivity (Wildman–Crippen MR) is 124 cm³/mol. The molecule has 0 spiro atoms. The Hall–Kier alpha value is -3.80. The summed E-state index contributed by atoms with van der Waals surface area (Å²) in [6.45, 7) is 6.07. The zero-order valence-electron chi connectivity index (χ0n) is 18.4. The van der Waals surface area contributed by atoms with Gasteiger partial charge in [0.2, 0.25) is 0 Å². The zero-order chi connectivity index (χ0) is 22.7. The van der Waals surface area contributed by atoms with Crippen LogP contribution < -0.4 is 19.7 Å². The molecule has 32 heavy (non-hydrogen) atoms. The summed E-state index contributed by atoms with van der Waals surface area (Å²) in [5.41, 5.74) is 4.50. The number of ether oxygens (including phenoxy) is 2. The number of nitrogens with one attached hydrogen (secondary N) is 1. The van der Waals surface area contributed by atoms with Crippen molar-refractivity contribution in [3.63, 3.8) is 0 Å². The minimum Gasteiger partial charge on any atom is -0.484 e. The molecule has 0 aliphatic carbocycles. The third kappa shape index (κ3) is 4.91. The molecule has 6 heteroatoms. The Morgan fingerprint density at radius 2 is 1.66 bits per heavy atom. The second-order valence-corrected chi connectivity index (χ2v) is 8.00. The number of amides is 2. The lowest BCUT2D eigenvalue weighted by Crippen LogP contribution is -2.44. The first-order chi connectivity index (χ1) is 15.4. The van der Waals surface area contributed by atoms with Crippen molar-refractivity contribution in [1.29, 1.82) is 0 Å². The average molecular weight is 431 g/mol. The van der Waals surface area contributed by atoms with Crippen LogP contribution in [0.15, 0.2) is 66.7 Å². The summed E-state index contributed by atoms with van der Waals surface area (Å²) in [7, 11) is 0. The molecule has 1 aliphatic rings. The summed E-state index contributed by atoms with van der Waals surface area (Å²) in [4.78, 5) is 27.0. The van der Waals surface area contributed by atoms with Gasteiger partial charge in [-0.25, -0.2) is 0 Å². The summed E-state index contributed by atoms with van der Waals surface area (Å²) in [6.07, 6.45) is -0.573. The fourth-order valence-electron chi connectivity index (χ4n) is 3.50. The van der Waals surface area contributed by atoms with Gasteiger partial charge >= 0.3 is 0 Å². The van der Waals surface area contributed by atoms with Gasteiger partial charge in [-0.05, 0) is 56.7 Å². The Labute approximate surface area is 187 Å². The lowest BCUT2D eigenvalue weighted by Gasteiger charge is -2.33. The molecule has 0 saturated carbocycles. The minimum atomic E-state index is -0.573. The summed E-state index contributed by atoms with van der Waals surface area (Å²) in [5, 5.41) is 2.83. The Morgan fingerprint density at radius 1 is 1.00 bits per heavy atom. The van der Waals surface area contributed by atoms with Gasteiger partial charge in [-0.15, -0.1) is 0 Å². The van der Waals surface area contributed by atoms with E-state index in [9.17, 15) is 9.59 Å². The van der Waals surface area contributed by atoms with Crippen molar-refractivity contribution in [2.75, 3.05) is 16.8 Å². The third-order valence-electron chi connectivity index (χ3n) is 5.30. The van der Waals surface area contributed by atoms with Gasteiger partial charge in [-0.3, -0.25) is 9.59 Å². The van der Waals surface area contributed by atoms with Crippen LogP contribution in [-0.4, -0.2) is 24.5 Å². The van der Waals surface area contributed by atoms with Crippen LogP contribution in [0.5, 0.6) is 11.5 Å². The molecule has 1 N–H and O–H groups in total. The molecule has 3 aromatic carbocycles. The van der Waals surface area contributed by atoms with E-state index < -0.39 is 6.10 Å². The van der Waals surface area contributed by atoms with E-state index in [4.69, 9.17) is 9.47 Å². The normalized spacial score (nSPS) is 15.0. The van der Waals surface area contributed by atoms with Crippen molar-refractivity contribution in [1.82, 2.24) is 0 Å². The van der Waals surface area contributed by atoms with Crippen molar-refractivity contribution in [3.05, 3.63) is 83.4 Å². The van der Waals surface area contributed by atoms with Crippen LogP contribution in [0.3, 0.4) is 0 Å². The molecule has 0 aromatic heterocycles. The predicted octanol–water partition coefficient (Wildman–Crippen LogP) is 4.64. The van der Waals surface area contributed by atoms with Crippen molar-refractivity contribution in [2.24, 2.45) is 0 Å². The molecule has 0 fully saturated rings. The van der Waals surface area contributed by atoms with E-state index in [1.54, 1.807) is 30.0 Å². The number of rotatable bonds is 6. The second kappa shape index (κ2) is 9.14. The number of carbonyl (C=O) groups excluding carboxylic acids is 2. The largest absolute Gasteiger partial charge is 0.484 e. The molecule has 1 heterocycles. The van der Waals surface area contributed by atoms with Crippen LogP contribution in [0.25, 0.3) is 0 Å². The molecule has 1 atom stereocenters. The van der Waals surface area contributed by atoms with E-state index in [2.05, 4.69) is 5.32 Å². The molecule has 6 nitrogen and oxygen atoms in total. The molecule has 1 aliphatic heterocycles. The summed E-state index contributed by atoms with van der Waals surface area (Å²) >= 11 is 0. The number of carbonyl (C=O) groups is 2. The van der Waals surface area contributed by atoms with Gasteiger partial charge in [-0.2, -0.15) is 0 Å². The van der Waals surface area contributed by atoms with Crippen LogP contribution in [-0.2, 0) is 16.1 Å². The quantitative estimate of drug-likeness (QED) is 0.619. The topological polar surface area (TPSA) is 67.9 Å². The van der Waals surface area contributed by atoms with E-state index in [0.29, 0.717) is 29.4 Å². The zero-order valence-corrected chi connectivity index (χ0v) is 18.4. The van der Waals surface area contributed by atoms with Crippen LogP contribution in [0.1, 0.15) is 23.6 Å². The summed E-state index contributed by atoms with van der Waals surface area (Å²) in [6, 6.07) is 20.9. The maximum Gasteiger partial charge on any atom is 0.268 e. The SMILES string of the molecule is Cc1ccc(CN2C(=O)C(C)Oc3ccc(NC(=O)COc4ccc(C)cc4)cc32)cc1. The molecular weight excluding hydrogens is 404 g/mol. The van der Waals surface area contributed by atoms with Gasteiger partial charge in [0.25, 0.3) is 11.8 Å². The Morgan fingerprint density at radius 3 is 2.34 bits per heavy atom. The first kappa shape index (κ1) is 21.4. The van der Waals surface area contributed by atoms with Crippen molar-refractivity contribution in [3.8, 4) is 11.5 Å². The van der Waals surface area contributed by atoms with Gasteiger partial charge in [0, 0.05) is 5.69 Å². The smallest absolute Gasteiger partial charge is 0.268 e. The van der Waals surface area contributed by atoms with Gasteiger partial charge < -0.3 is 19.7 Å². The maximum absolute atomic E-state index is 12.9. The Balaban J connectivity index is 1.49. The highest BCUT2D eigenvalue weighted by Gasteiger charge is 2.31. The van der Waals surface area contributed by atoms with Gasteiger partial charge in [0.15, 0.2) is 12.7 Å². The molecule has 2 amide bonds. The Bertz CT molecular complexity index is 1120. The lowest BCUT2D eigenvalue weighted by molar-refractivity contribution is -0.125. The maximum atomic E-state index is 12.9. The van der Waals surface area contributed by atoms with E-state index in [1.165, 1.54) is 0 Å². The van der Waals surface area contributed by atoms with Crippen LogP contribution in [0.4, 0.5) is 11.4 Å². The van der Waals surface area contributed by atoms with Crippen molar-refractivity contribution < 1.29 is 19.1 Å². The number of benzene rings is 3. The number of aryl methyl sites for hydroxylation is 2. The molecule has 0 bridgehead atoms. The second-order valence-electron chi connectivity index (χ2n) is 8.00. The third-order valence-corrected chi connectivity index (χ3v) is 5.30. The van der Waals surface area contributed by atoms with Crippen LogP contribution in [0, 0.1) is 13.8 Å². The fraction of sp³-hybridized carbons (Fsp3) is 0.231. The van der Waals surface area contributed by atoms with E-state index >= 15 is 0 Å². The van der Waals surface area contributed by atoms with Crippen LogP contribution in [0.2, 0.25) is 0 Å². The number of hydrogen-bond acceptors (Lipinski definition) is 4.